The van der Waals surface area contributed by atoms with Gasteiger partial charge >= 0.3 is 0 Å². The fourth-order valence-electron chi connectivity index (χ4n) is 2.55. The Kier molecular flexibility index (Phi) is 7.50. The van der Waals surface area contributed by atoms with Crippen molar-refractivity contribution < 1.29 is 23.3 Å². The van der Waals surface area contributed by atoms with Crippen LogP contribution in [0.25, 0.3) is 10.9 Å². The van der Waals surface area contributed by atoms with Gasteiger partial charge in [0.1, 0.15) is 18.0 Å². The first kappa shape index (κ1) is 21.9. The van der Waals surface area contributed by atoms with Crippen LogP contribution in [0.4, 0.5) is 15.9 Å². The Bertz CT molecular complexity index is 1060. The molecule has 158 valence electrons. The predicted octanol–water partition coefficient (Wildman–Crippen LogP) is 4.49. The minimum atomic E-state index is -0.510. The molecular formula is C19H18ClFN4O4S. The molecule has 0 saturated carbocycles. The number of hydroxylamine groups is 1. The predicted molar refractivity (Wildman–Crippen MR) is 113 cm³/mol. The number of carbonyl (C=O) groups excluding carboxylic acids is 1. The van der Waals surface area contributed by atoms with E-state index in [4.69, 9.17) is 25.7 Å². The normalized spacial score (nSPS) is 10.7. The van der Waals surface area contributed by atoms with Crippen LogP contribution >= 0.6 is 23.6 Å². The van der Waals surface area contributed by atoms with E-state index < -0.39 is 11.7 Å². The van der Waals surface area contributed by atoms with Crippen LogP contribution in [0.15, 0.2) is 36.7 Å². The molecule has 3 aromatic rings. The molecule has 0 aliphatic carbocycles. The molecule has 1 aromatic heterocycles. The van der Waals surface area contributed by atoms with Gasteiger partial charge < -0.3 is 14.2 Å². The molecule has 8 nitrogen and oxygen atoms in total. The number of halogens is 2. The van der Waals surface area contributed by atoms with Gasteiger partial charge in [-0.3, -0.25) is 10.0 Å². The Labute approximate surface area is 180 Å². The van der Waals surface area contributed by atoms with Gasteiger partial charge in [-0.25, -0.2) is 19.8 Å². The zero-order chi connectivity index (χ0) is 21.5. The minimum absolute atomic E-state index is 0.00432. The van der Waals surface area contributed by atoms with E-state index in [0.29, 0.717) is 46.1 Å². The molecule has 0 spiro atoms. The van der Waals surface area contributed by atoms with Crippen molar-refractivity contribution in [2.45, 2.75) is 12.8 Å². The Hall–Kier alpha value is -2.82. The van der Waals surface area contributed by atoms with Crippen molar-refractivity contribution in [3.05, 3.63) is 47.5 Å². The SMILES string of the molecule is COc1cc2ncnc(Nc3ccc(F)c(Cl)c3)c2cc1OSCCCC(=O)NO. The van der Waals surface area contributed by atoms with E-state index in [9.17, 15) is 9.18 Å². The van der Waals surface area contributed by atoms with E-state index in [1.54, 1.807) is 23.7 Å². The van der Waals surface area contributed by atoms with Crippen molar-refractivity contribution >= 4 is 52.0 Å². The van der Waals surface area contributed by atoms with Crippen molar-refractivity contribution in [3.8, 4) is 11.5 Å². The fourth-order valence-corrected chi connectivity index (χ4v) is 3.33. The number of ether oxygens (including phenoxy) is 1. The summed E-state index contributed by atoms with van der Waals surface area (Å²) in [6, 6.07) is 7.72. The summed E-state index contributed by atoms with van der Waals surface area (Å²) >= 11 is 7.00. The number of nitrogens with zero attached hydrogens (tertiary/aromatic N) is 2. The summed E-state index contributed by atoms with van der Waals surface area (Å²) in [5, 5.41) is 12.3. The lowest BCUT2D eigenvalue weighted by Crippen LogP contribution is -2.18. The largest absolute Gasteiger partial charge is 0.493 e. The Morgan fingerprint density at radius 2 is 2.10 bits per heavy atom. The van der Waals surface area contributed by atoms with Crippen LogP contribution < -0.4 is 19.7 Å². The molecule has 0 saturated heterocycles. The average Bonchev–Trinajstić information content (AvgIpc) is 2.75. The first-order valence-corrected chi connectivity index (χ1v) is 10.1. The van der Waals surface area contributed by atoms with E-state index in [-0.39, 0.29) is 11.4 Å². The summed E-state index contributed by atoms with van der Waals surface area (Å²) in [4.78, 5) is 19.6. The Morgan fingerprint density at radius 3 is 2.83 bits per heavy atom. The summed E-state index contributed by atoms with van der Waals surface area (Å²) in [7, 11) is 1.52. The van der Waals surface area contributed by atoms with Crippen molar-refractivity contribution in [2.24, 2.45) is 0 Å². The third-order valence-electron chi connectivity index (χ3n) is 4.01. The van der Waals surface area contributed by atoms with Crippen LogP contribution in [0, 0.1) is 5.82 Å². The maximum atomic E-state index is 13.4. The molecule has 0 unspecified atom stereocenters. The van der Waals surface area contributed by atoms with Gasteiger partial charge in [-0.1, -0.05) is 11.6 Å². The first-order chi connectivity index (χ1) is 14.5. The molecule has 11 heteroatoms. The molecule has 3 N–H and O–H groups in total. The molecule has 0 aliphatic heterocycles. The van der Waals surface area contributed by atoms with Crippen molar-refractivity contribution in [3.63, 3.8) is 0 Å². The smallest absolute Gasteiger partial charge is 0.243 e. The molecule has 0 aliphatic rings. The van der Waals surface area contributed by atoms with Crippen LogP contribution in [0.1, 0.15) is 12.8 Å². The summed E-state index contributed by atoms with van der Waals surface area (Å²) in [5.74, 6) is 0.990. The van der Waals surface area contributed by atoms with E-state index in [1.807, 2.05) is 0 Å². The average molecular weight is 453 g/mol. The molecule has 1 heterocycles. The lowest BCUT2D eigenvalue weighted by atomic mass is 10.2. The molecule has 2 aromatic carbocycles. The molecule has 0 fully saturated rings. The van der Waals surface area contributed by atoms with Gasteiger partial charge in [0.25, 0.3) is 0 Å². The van der Waals surface area contributed by atoms with E-state index in [1.165, 1.54) is 25.6 Å². The maximum absolute atomic E-state index is 13.4. The number of nitrogens with one attached hydrogen (secondary N) is 2. The summed E-state index contributed by atoms with van der Waals surface area (Å²) in [6.07, 6.45) is 2.11. The zero-order valence-corrected chi connectivity index (χ0v) is 17.4. The van der Waals surface area contributed by atoms with Gasteiger partial charge in [0.05, 0.1) is 29.7 Å². The highest BCUT2D eigenvalue weighted by Gasteiger charge is 2.13. The van der Waals surface area contributed by atoms with Crippen LogP contribution in [-0.2, 0) is 4.79 Å². The molecule has 0 bridgehead atoms. The van der Waals surface area contributed by atoms with E-state index >= 15 is 0 Å². The molecule has 1 amide bonds. The van der Waals surface area contributed by atoms with Gasteiger partial charge in [0, 0.05) is 29.3 Å². The third kappa shape index (κ3) is 5.41. The van der Waals surface area contributed by atoms with Gasteiger partial charge in [0.2, 0.25) is 5.91 Å². The fraction of sp³-hybridized carbons (Fsp3) is 0.211. The Morgan fingerprint density at radius 1 is 1.27 bits per heavy atom. The van der Waals surface area contributed by atoms with Crippen LogP contribution in [0.5, 0.6) is 11.5 Å². The molecule has 0 atom stereocenters. The lowest BCUT2D eigenvalue weighted by Gasteiger charge is -2.13. The van der Waals surface area contributed by atoms with Gasteiger partial charge in [0.15, 0.2) is 11.5 Å². The van der Waals surface area contributed by atoms with Crippen molar-refractivity contribution in [1.82, 2.24) is 15.4 Å². The number of aromatic nitrogens is 2. The quantitative estimate of drug-likeness (QED) is 0.189. The lowest BCUT2D eigenvalue weighted by molar-refractivity contribution is -0.129. The van der Waals surface area contributed by atoms with E-state index in [0.717, 1.165) is 12.0 Å². The number of fused-ring (bicyclic) bond motifs is 1. The highest BCUT2D eigenvalue weighted by Crippen LogP contribution is 2.36. The number of hydrogen-bond acceptors (Lipinski definition) is 8. The number of hydrogen-bond donors (Lipinski definition) is 3. The van der Waals surface area contributed by atoms with Crippen molar-refractivity contribution in [2.75, 3.05) is 18.2 Å². The second-order valence-corrected chi connectivity index (χ2v) is 7.26. The zero-order valence-electron chi connectivity index (χ0n) is 15.8. The second-order valence-electron chi connectivity index (χ2n) is 6.04. The summed E-state index contributed by atoms with van der Waals surface area (Å²) < 4.78 is 24.5. The van der Waals surface area contributed by atoms with Crippen LogP contribution in [0.2, 0.25) is 5.02 Å². The molecule has 0 radical (unpaired) electrons. The van der Waals surface area contributed by atoms with Crippen LogP contribution in [0.3, 0.4) is 0 Å². The van der Waals surface area contributed by atoms with Gasteiger partial charge in [-0.2, -0.15) is 0 Å². The number of benzene rings is 2. The van der Waals surface area contributed by atoms with Crippen LogP contribution in [-0.4, -0.2) is 33.9 Å². The highest BCUT2D eigenvalue weighted by atomic mass is 35.5. The third-order valence-corrected chi connectivity index (χ3v) is 5.05. The summed E-state index contributed by atoms with van der Waals surface area (Å²) in [5.41, 5.74) is 2.77. The van der Waals surface area contributed by atoms with Crippen molar-refractivity contribution in [1.29, 1.82) is 0 Å². The Balaban J connectivity index is 1.80. The molecule has 30 heavy (non-hydrogen) atoms. The number of anilines is 2. The standard InChI is InChI=1S/C19H18ClFN4O4S/c1-28-16-9-15-12(8-17(16)29-30-6-2-3-18(26)25-27)19(23-10-22-15)24-11-4-5-14(21)13(20)7-11/h4-5,7-10,27H,2-3,6H2,1H3,(H,25,26)(H,22,23,24). The molecular weight excluding hydrogens is 435 g/mol. The molecule has 3 rings (SSSR count). The number of rotatable bonds is 9. The monoisotopic (exact) mass is 452 g/mol. The number of methoxy groups -OCH3 is 1. The topological polar surface area (TPSA) is 106 Å². The second kappa shape index (κ2) is 10.3. The highest BCUT2D eigenvalue weighted by molar-refractivity contribution is 7.95. The summed E-state index contributed by atoms with van der Waals surface area (Å²) in [6.45, 7) is 0. The number of carbonyl (C=O) groups is 1. The minimum Gasteiger partial charge on any atom is -0.493 e. The first-order valence-electron chi connectivity index (χ1n) is 8.79. The van der Waals surface area contributed by atoms with E-state index in [2.05, 4.69) is 15.3 Å². The maximum Gasteiger partial charge on any atom is 0.243 e. The van der Waals surface area contributed by atoms with Gasteiger partial charge in [-0.15, -0.1) is 0 Å². The van der Waals surface area contributed by atoms with Gasteiger partial charge in [-0.05, 0) is 30.7 Å². The number of amides is 1.